The molecule has 0 spiro atoms. The quantitative estimate of drug-likeness (QED) is 0.476. The molecule has 1 heterocycles. The summed E-state index contributed by atoms with van der Waals surface area (Å²) in [5.41, 5.74) is 0.661. The molecule has 2 aromatic rings. The van der Waals surface area contributed by atoms with Crippen LogP contribution in [-0.4, -0.2) is 50.7 Å². The van der Waals surface area contributed by atoms with E-state index in [1.54, 1.807) is 38.1 Å². The number of esters is 1. The van der Waals surface area contributed by atoms with Gasteiger partial charge in [-0.3, -0.25) is 9.59 Å². The number of aliphatic hydroxyl groups excluding tert-OH is 1. The van der Waals surface area contributed by atoms with E-state index in [1.807, 2.05) is 13.8 Å². The van der Waals surface area contributed by atoms with Crippen LogP contribution < -0.4 is 14.8 Å². The van der Waals surface area contributed by atoms with E-state index in [9.17, 15) is 14.4 Å². The number of hydrogen-bond donors (Lipinski definition) is 2. The minimum absolute atomic E-state index is 0.185. The Hall–Kier alpha value is -2.91. The molecule has 1 aromatic carbocycles. The molecule has 1 aromatic heterocycles. The van der Waals surface area contributed by atoms with Gasteiger partial charge in [0.1, 0.15) is 5.00 Å². The van der Waals surface area contributed by atoms with Crippen LogP contribution in [0.25, 0.3) is 0 Å². The van der Waals surface area contributed by atoms with E-state index in [0.29, 0.717) is 28.2 Å². The Morgan fingerprint density at radius 1 is 1.17 bits per heavy atom. The largest absolute Gasteiger partial charge is 0.493 e. The fourth-order valence-corrected chi connectivity index (χ4v) is 3.25. The Balaban J connectivity index is 0.00000198. The topological polar surface area (TPSA) is 111 Å². The number of ether oxygens (including phenoxy) is 3. The summed E-state index contributed by atoms with van der Waals surface area (Å²) in [5.74, 6) is -0.134. The Labute approximate surface area is 180 Å². The van der Waals surface area contributed by atoms with E-state index in [1.165, 1.54) is 7.11 Å². The summed E-state index contributed by atoms with van der Waals surface area (Å²) in [5, 5.41) is 9.87. The second-order valence-corrected chi connectivity index (χ2v) is 6.17. The van der Waals surface area contributed by atoms with Gasteiger partial charge in [-0.1, -0.05) is 26.0 Å². The van der Waals surface area contributed by atoms with Crippen LogP contribution in [0.3, 0.4) is 0 Å². The van der Waals surface area contributed by atoms with E-state index in [4.69, 9.17) is 19.3 Å². The zero-order valence-corrected chi connectivity index (χ0v) is 18.9. The van der Waals surface area contributed by atoms with Crippen LogP contribution in [0.1, 0.15) is 46.4 Å². The first-order valence-corrected chi connectivity index (χ1v) is 10.1. The number of para-hydroxylation sites is 2. The van der Waals surface area contributed by atoms with Crippen molar-refractivity contribution in [2.75, 3.05) is 32.8 Å². The van der Waals surface area contributed by atoms with E-state index in [-0.39, 0.29) is 23.8 Å². The zero-order chi connectivity index (χ0) is 23.1. The Kier molecular flexibility index (Phi) is 13.5. The number of amides is 1. The van der Waals surface area contributed by atoms with Gasteiger partial charge in [0.25, 0.3) is 5.91 Å². The molecule has 2 N–H and O–H groups in total. The van der Waals surface area contributed by atoms with Crippen molar-refractivity contribution in [1.82, 2.24) is 0 Å². The summed E-state index contributed by atoms with van der Waals surface area (Å²) in [6.07, 6.45) is 0.643. The zero-order valence-electron chi connectivity index (χ0n) is 18.1. The average molecular weight is 440 g/mol. The van der Waals surface area contributed by atoms with Crippen LogP contribution in [0.5, 0.6) is 11.5 Å². The lowest BCUT2D eigenvalue weighted by Gasteiger charge is -2.10. The number of carbonyl (C=O) groups is 3. The normalized spacial score (nSPS) is 9.17. The first-order chi connectivity index (χ1) is 14.5. The molecule has 2 rings (SSSR count). The maximum Gasteiger partial charge on any atom is 0.341 e. The van der Waals surface area contributed by atoms with Crippen molar-refractivity contribution in [3.8, 4) is 11.5 Å². The molecule has 0 saturated carbocycles. The Morgan fingerprint density at radius 2 is 1.77 bits per heavy atom. The van der Waals surface area contributed by atoms with Crippen LogP contribution >= 0.6 is 11.3 Å². The smallest absolute Gasteiger partial charge is 0.341 e. The molecule has 0 aliphatic heterocycles. The molecule has 30 heavy (non-hydrogen) atoms. The first kappa shape index (κ1) is 27.1. The molecule has 0 unspecified atom stereocenters. The SMILES string of the molecule is CC.CCOC(=O)c1c(NC(=O)COc2ccccc2OC)sc(C=O)c1C.CO. The van der Waals surface area contributed by atoms with Crippen molar-refractivity contribution in [2.24, 2.45) is 0 Å². The third-order valence-electron chi connectivity index (χ3n) is 3.45. The monoisotopic (exact) mass is 439 g/mol. The number of anilines is 1. The maximum absolute atomic E-state index is 12.2. The van der Waals surface area contributed by atoms with Gasteiger partial charge in [-0.25, -0.2) is 4.79 Å². The summed E-state index contributed by atoms with van der Waals surface area (Å²) in [6, 6.07) is 6.93. The van der Waals surface area contributed by atoms with Crippen LogP contribution in [0.15, 0.2) is 24.3 Å². The summed E-state index contributed by atoms with van der Waals surface area (Å²) >= 11 is 1.02. The van der Waals surface area contributed by atoms with Crippen LogP contribution in [0, 0.1) is 6.92 Å². The minimum atomic E-state index is -0.588. The lowest BCUT2D eigenvalue weighted by molar-refractivity contribution is -0.118. The molecule has 1 amide bonds. The maximum atomic E-state index is 12.2. The predicted molar refractivity (Wildman–Crippen MR) is 117 cm³/mol. The van der Waals surface area contributed by atoms with Crippen LogP contribution in [0.4, 0.5) is 5.00 Å². The van der Waals surface area contributed by atoms with Gasteiger partial charge in [0.05, 0.1) is 24.2 Å². The molecular formula is C21H29NO7S. The van der Waals surface area contributed by atoms with E-state index in [0.717, 1.165) is 18.4 Å². The number of rotatable bonds is 8. The Morgan fingerprint density at radius 3 is 2.30 bits per heavy atom. The van der Waals surface area contributed by atoms with Gasteiger partial charge >= 0.3 is 5.97 Å². The number of aliphatic hydroxyl groups is 1. The number of carbonyl (C=O) groups excluding carboxylic acids is 3. The minimum Gasteiger partial charge on any atom is -0.493 e. The lowest BCUT2D eigenvalue weighted by Crippen LogP contribution is -2.21. The molecule has 8 nitrogen and oxygen atoms in total. The molecule has 0 radical (unpaired) electrons. The van der Waals surface area contributed by atoms with Crippen LogP contribution in [-0.2, 0) is 9.53 Å². The van der Waals surface area contributed by atoms with Gasteiger partial charge in [0, 0.05) is 7.11 Å². The van der Waals surface area contributed by atoms with Crippen molar-refractivity contribution in [2.45, 2.75) is 27.7 Å². The highest BCUT2D eigenvalue weighted by Gasteiger charge is 2.23. The van der Waals surface area contributed by atoms with Crippen LogP contribution in [0.2, 0.25) is 0 Å². The van der Waals surface area contributed by atoms with E-state index in [2.05, 4.69) is 5.32 Å². The van der Waals surface area contributed by atoms with Crippen molar-refractivity contribution >= 4 is 34.5 Å². The number of hydrogen-bond acceptors (Lipinski definition) is 8. The number of methoxy groups -OCH3 is 1. The van der Waals surface area contributed by atoms with Gasteiger partial charge in [-0.05, 0) is 31.5 Å². The summed E-state index contributed by atoms with van der Waals surface area (Å²) in [7, 11) is 2.50. The van der Waals surface area contributed by atoms with E-state index < -0.39 is 11.9 Å². The van der Waals surface area contributed by atoms with E-state index >= 15 is 0 Å². The van der Waals surface area contributed by atoms with Gasteiger partial charge in [0.2, 0.25) is 0 Å². The first-order valence-electron chi connectivity index (χ1n) is 9.27. The highest BCUT2D eigenvalue weighted by Crippen LogP contribution is 2.33. The second kappa shape index (κ2) is 15.0. The number of thiophene rings is 1. The summed E-state index contributed by atoms with van der Waals surface area (Å²) < 4.78 is 15.6. The molecule has 0 fully saturated rings. The van der Waals surface area contributed by atoms with Gasteiger partial charge in [-0.15, -0.1) is 11.3 Å². The fraction of sp³-hybridized carbons (Fsp3) is 0.381. The van der Waals surface area contributed by atoms with Crippen molar-refractivity contribution in [3.05, 3.63) is 40.3 Å². The average Bonchev–Trinajstić information content (AvgIpc) is 3.10. The highest BCUT2D eigenvalue weighted by molar-refractivity contribution is 7.18. The fourth-order valence-electron chi connectivity index (χ4n) is 2.22. The number of benzene rings is 1. The predicted octanol–water partition coefficient (Wildman–Crippen LogP) is 3.71. The summed E-state index contributed by atoms with van der Waals surface area (Å²) in [4.78, 5) is 35.8. The lowest BCUT2D eigenvalue weighted by atomic mass is 10.1. The van der Waals surface area contributed by atoms with Gasteiger partial charge in [-0.2, -0.15) is 0 Å². The standard InChI is InChI=1S/C18H19NO6S.C2H6.CH4O/c1-4-24-18(22)16-11(2)14(9-20)26-17(16)19-15(21)10-25-13-8-6-5-7-12(13)23-3;2*1-2/h5-9H,4,10H2,1-3H3,(H,19,21);1-2H3;2H,1H3. The molecule has 0 aliphatic rings. The molecule has 0 saturated heterocycles. The Bertz CT molecular complexity index is 818. The number of nitrogens with one attached hydrogen (secondary N) is 1. The third-order valence-corrected chi connectivity index (χ3v) is 4.58. The highest BCUT2D eigenvalue weighted by atomic mass is 32.1. The number of aldehydes is 1. The van der Waals surface area contributed by atoms with Gasteiger partial charge < -0.3 is 24.6 Å². The third kappa shape index (κ3) is 7.49. The molecule has 0 aliphatic carbocycles. The van der Waals surface area contributed by atoms with Crippen molar-refractivity contribution < 1.29 is 33.7 Å². The second-order valence-electron chi connectivity index (χ2n) is 5.12. The summed E-state index contributed by atoms with van der Waals surface area (Å²) in [6.45, 7) is 7.22. The molecule has 0 bridgehead atoms. The molecule has 166 valence electrons. The van der Waals surface area contributed by atoms with Gasteiger partial charge in [0.15, 0.2) is 24.4 Å². The molecule has 9 heteroatoms. The molecular weight excluding hydrogens is 410 g/mol. The van der Waals surface area contributed by atoms with Crippen molar-refractivity contribution in [1.29, 1.82) is 0 Å². The molecule has 0 atom stereocenters. The van der Waals surface area contributed by atoms with Crippen molar-refractivity contribution in [3.63, 3.8) is 0 Å².